The number of rotatable bonds is 11. The SMILES string of the molecule is O=C(NCCCCCl)c1ccc(-c2ccc(C(=O)NCCCCCl)cc2)cc1. The van der Waals surface area contributed by atoms with Crippen molar-refractivity contribution in [3.63, 3.8) is 0 Å². The molecule has 4 nitrogen and oxygen atoms in total. The molecule has 0 unspecified atom stereocenters. The summed E-state index contributed by atoms with van der Waals surface area (Å²) < 4.78 is 0. The van der Waals surface area contributed by atoms with Crippen LogP contribution < -0.4 is 10.6 Å². The lowest BCUT2D eigenvalue weighted by Gasteiger charge is -2.08. The highest BCUT2D eigenvalue weighted by Crippen LogP contribution is 2.20. The first-order chi connectivity index (χ1) is 13.7. The first-order valence-electron chi connectivity index (χ1n) is 9.54. The second-order valence-electron chi connectivity index (χ2n) is 6.46. The van der Waals surface area contributed by atoms with Crippen LogP contribution in [0.2, 0.25) is 0 Å². The van der Waals surface area contributed by atoms with Gasteiger partial charge in [-0.15, -0.1) is 23.2 Å². The van der Waals surface area contributed by atoms with Gasteiger partial charge in [-0.1, -0.05) is 24.3 Å². The van der Waals surface area contributed by atoms with Crippen molar-refractivity contribution < 1.29 is 9.59 Å². The fraction of sp³-hybridized carbons (Fsp3) is 0.364. The van der Waals surface area contributed by atoms with Gasteiger partial charge in [0.2, 0.25) is 0 Å². The highest BCUT2D eigenvalue weighted by Gasteiger charge is 2.07. The third-order valence-corrected chi connectivity index (χ3v) is 4.85. The van der Waals surface area contributed by atoms with Gasteiger partial charge in [0, 0.05) is 36.0 Å². The van der Waals surface area contributed by atoms with Gasteiger partial charge in [0.25, 0.3) is 11.8 Å². The molecule has 2 amide bonds. The Balaban J connectivity index is 1.91. The van der Waals surface area contributed by atoms with E-state index in [9.17, 15) is 9.59 Å². The van der Waals surface area contributed by atoms with Crippen LogP contribution in [0.4, 0.5) is 0 Å². The summed E-state index contributed by atoms with van der Waals surface area (Å²) in [5, 5.41) is 5.78. The topological polar surface area (TPSA) is 58.2 Å². The average Bonchev–Trinajstić information content (AvgIpc) is 2.74. The average molecular weight is 421 g/mol. The number of hydrogen-bond acceptors (Lipinski definition) is 2. The van der Waals surface area contributed by atoms with E-state index in [0.717, 1.165) is 36.8 Å². The Morgan fingerprint density at radius 2 is 0.964 bits per heavy atom. The van der Waals surface area contributed by atoms with Gasteiger partial charge in [-0.3, -0.25) is 9.59 Å². The Morgan fingerprint density at radius 1 is 0.607 bits per heavy atom. The summed E-state index contributed by atoms with van der Waals surface area (Å²) in [6.45, 7) is 1.26. The monoisotopic (exact) mass is 420 g/mol. The Kier molecular flexibility index (Phi) is 9.87. The van der Waals surface area contributed by atoms with Crippen molar-refractivity contribution in [2.75, 3.05) is 24.8 Å². The van der Waals surface area contributed by atoms with Crippen molar-refractivity contribution in [2.24, 2.45) is 0 Å². The molecule has 0 aliphatic carbocycles. The fourth-order valence-corrected chi connectivity index (χ4v) is 3.05. The number of amides is 2. The number of nitrogens with one attached hydrogen (secondary N) is 2. The predicted octanol–water partition coefficient (Wildman–Crippen LogP) is 4.85. The van der Waals surface area contributed by atoms with E-state index in [0.29, 0.717) is 36.0 Å². The number of hydrogen-bond donors (Lipinski definition) is 2. The zero-order chi connectivity index (χ0) is 20.2. The van der Waals surface area contributed by atoms with Crippen molar-refractivity contribution in [1.29, 1.82) is 0 Å². The summed E-state index contributed by atoms with van der Waals surface area (Å²) in [6, 6.07) is 14.9. The van der Waals surface area contributed by atoms with Crippen LogP contribution in [0.3, 0.4) is 0 Å². The zero-order valence-electron chi connectivity index (χ0n) is 15.8. The molecular formula is C22H26Cl2N2O2. The quantitative estimate of drug-likeness (QED) is 0.403. The van der Waals surface area contributed by atoms with Gasteiger partial charge in [-0.05, 0) is 61.1 Å². The minimum Gasteiger partial charge on any atom is -0.352 e. The molecule has 2 aromatic rings. The van der Waals surface area contributed by atoms with E-state index < -0.39 is 0 Å². The van der Waals surface area contributed by atoms with E-state index in [4.69, 9.17) is 23.2 Å². The normalized spacial score (nSPS) is 10.5. The molecule has 0 fully saturated rings. The van der Waals surface area contributed by atoms with Gasteiger partial charge in [-0.25, -0.2) is 0 Å². The van der Waals surface area contributed by atoms with Gasteiger partial charge >= 0.3 is 0 Å². The summed E-state index contributed by atoms with van der Waals surface area (Å²) in [5.41, 5.74) is 3.24. The number of alkyl halides is 2. The van der Waals surface area contributed by atoms with E-state index in [2.05, 4.69) is 10.6 Å². The molecule has 2 aromatic carbocycles. The summed E-state index contributed by atoms with van der Waals surface area (Å²) in [6.07, 6.45) is 3.53. The molecule has 2 N–H and O–H groups in total. The van der Waals surface area contributed by atoms with Crippen molar-refractivity contribution in [2.45, 2.75) is 25.7 Å². The third-order valence-electron chi connectivity index (χ3n) is 4.32. The van der Waals surface area contributed by atoms with Crippen LogP contribution in [-0.4, -0.2) is 36.7 Å². The summed E-state index contributed by atoms with van der Waals surface area (Å²) in [5.74, 6) is 1.06. The Hall–Kier alpha value is -2.04. The predicted molar refractivity (Wildman–Crippen MR) is 116 cm³/mol. The largest absolute Gasteiger partial charge is 0.352 e. The molecule has 150 valence electrons. The molecule has 0 saturated carbocycles. The van der Waals surface area contributed by atoms with E-state index >= 15 is 0 Å². The zero-order valence-corrected chi connectivity index (χ0v) is 17.4. The molecule has 0 bridgehead atoms. The van der Waals surface area contributed by atoms with Gasteiger partial charge in [0.15, 0.2) is 0 Å². The minimum absolute atomic E-state index is 0.0812. The highest BCUT2D eigenvalue weighted by atomic mass is 35.5. The summed E-state index contributed by atoms with van der Waals surface area (Å²) >= 11 is 11.3. The highest BCUT2D eigenvalue weighted by molar-refractivity contribution is 6.18. The van der Waals surface area contributed by atoms with E-state index in [1.165, 1.54) is 0 Å². The van der Waals surface area contributed by atoms with Crippen LogP contribution in [0.5, 0.6) is 0 Å². The second kappa shape index (κ2) is 12.4. The standard InChI is InChI=1S/C22H26Cl2N2O2/c23-13-1-3-15-25-21(27)19-9-5-17(6-10-19)18-7-11-20(12-8-18)22(28)26-16-4-2-14-24/h5-12H,1-4,13-16H2,(H,25,27)(H,26,28). The van der Waals surface area contributed by atoms with Crippen molar-refractivity contribution in [3.8, 4) is 11.1 Å². The number of benzene rings is 2. The molecule has 0 aromatic heterocycles. The number of unbranched alkanes of at least 4 members (excludes halogenated alkanes) is 2. The Morgan fingerprint density at radius 3 is 1.29 bits per heavy atom. The molecular weight excluding hydrogens is 395 g/mol. The molecule has 0 saturated heterocycles. The van der Waals surface area contributed by atoms with Gasteiger partial charge in [0.1, 0.15) is 0 Å². The van der Waals surface area contributed by atoms with E-state index in [1.807, 2.05) is 48.5 Å². The third kappa shape index (κ3) is 7.17. The van der Waals surface area contributed by atoms with Crippen molar-refractivity contribution >= 4 is 35.0 Å². The minimum atomic E-state index is -0.0812. The fourth-order valence-electron chi connectivity index (χ4n) is 2.68. The summed E-state index contributed by atoms with van der Waals surface area (Å²) in [7, 11) is 0. The molecule has 0 heterocycles. The molecule has 0 radical (unpaired) electrons. The van der Waals surface area contributed by atoms with E-state index in [1.54, 1.807) is 0 Å². The van der Waals surface area contributed by atoms with Crippen LogP contribution in [0.25, 0.3) is 11.1 Å². The second-order valence-corrected chi connectivity index (χ2v) is 7.21. The lowest BCUT2D eigenvalue weighted by Crippen LogP contribution is -2.24. The van der Waals surface area contributed by atoms with Gasteiger partial charge in [-0.2, -0.15) is 0 Å². The number of carbonyl (C=O) groups is 2. The first-order valence-corrected chi connectivity index (χ1v) is 10.6. The molecule has 0 atom stereocenters. The van der Waals surface area contributed by atoms with Gasteiger partial charge < -0.3 is 10.6 Å². The van der Waals surface area contributed by atoms with Crippen molar-refractivity contribution in [3.05, 3.63) is 59.7 Å². The molecule has 0 aliphatic heterocycles. The Bertz CT molecular complexity index is 681. The van der Waals surface area contributed by atoms with Crippen LogP contribution in [-0.2, 0) is 0 Å². The van der Waals surface area contributed by atoms with E-state index in [-0.39, 0.29) is 11.8 Å². The van der Waals surface area contributed by atoms with Gasteiger partial charge in [0.05, 0.1) is 0 Å². The molecule has 0 spiro atoms. The molecule has 2 rings (SSSR count). The lowest BCUT2D eigenvalue weighted by atomic mass is 10.0. The smallest absolute Gasteiger partial charge is 0.251 e. The maximum absolute atomic E-state index is 12.1. The molecule has 0 aliphatic rings. The number of carbonyl (C=O) groups excluding carboxylic acids is 2. The Labute approximate surface area is 176 Å². The van der Waals surface area contributed by atoms with Crippen LogP contribution in [0.1, 0.15) is 46.4 Å². The maximum Gasteiger partial charge on any atom is 0.251 e. The number of halogens is 2. The van der Waals surface area contributed by atoms with Crippen LogP contribution in [0, 0.1) is 0 Å². The molecule has 28 heavy (non-hydrogen) atoms. The maximum atomic E-state index is 12.1. The molecule has 6 heteroatoms. The first kappa shape index (κ1) is 22.3. The summed E-state index contributed by atoms with van der Waals surface area (Å²) in [4.78, 5) is 24.2. The van der Waals surface area contributed by atoms with Crippen LogP contribution >= 0.6 is 23.2 Å². The van der Waals surface area contributed by atoms with Crippen LogP contribution in [0.15, 0.2) is 48.5 Å². The van der Waals surface area contributed by atoms with Crippen molar-refractivity contribution in [1.82, 2.24) is 10.6 Å². The lowest BCUT2D eigenvalue weighted by molar-refractivity contribution is 0.0945.